The van der Waals surface area contributed by atoms with Gasteiger partial charge in [0.25, 0.3) is 0 Å². The molecule has 0 saturated carbocycles. The molecule has 5 heteroatoms. The summed E-state index contributed by atoms with van der Waals surface area (Å²) in [6.45, 7) is 2.72. The Bertz CT molecular complexity index is 506. The molecule has 1 aromatic heterocycles. The number of halogens is 1. The first-order chi connectivity index (χ1) is 9.20. The molecule has 2 rings (SSSR count). The Morgan fingerprint density at radius 1 is 1.32 bits per heavy atom. The third-order valence-electron chi connectivity index (χ3n) is 3.02. The van der Waals surface area contributed by atoms with Gasteiger partial charge in [0, 0.05) is 37.0 Å². The summed E-state index contributed by atoms with van der Waals surface area (Å²) >= 11 is 0. The van der Waals surface area contributed by atoms with Crippen molar-refractivity contribution in [1.82, 2.24) is 20.4 Å². The number of hydrogen-bond donors (Lipinski definition) is 2. The van der Waals surface area contributed by atoms with Gasteiger partial charge in [-0.1, -0.05) is 0 Å². The Labute approximate surface area is 112 Å². The zero-order valence-corrected chi connectivity index (χ0v) is 11.3. The van der Waals surface area contributed by atoms with E-state index in [1.54, 1.807) is 12.1 Å². The average molecular weight is 262 g/mol. The zero-order chi connectivity index (χ0) is 13.7. The van der Waals surface area contributed by atoms with Crippen LogP contribution in [0.15, 0.2) is 30.5 Å². The van der Waals surface area contributed by atoms with Gasteiger partial charge in [0.1, 0.15) is 5.82 Å². The van der Waals surface area contributed by atoms with Gasteiger partial charge < -0.3 is 10.2 Å². The van der Waals surface area contributed by atoms with Crippen LogP contribution in [0.3, 0.4) is 0 Å². The molecule has 1 heterocycles. The lowest BCUT2D eigenvalue weighted by molar-refractivity contribution is 0.328. The highest BCUT2D eigenvalue weighted by atomic mass is 19.1. The molecule has 2 aromatic rings. The second-order valence-electron chi connectivity index (χ2n) is 4.61. The minimum absolute atomic E-state index is 0.230. The first kappa shape index (κ1) is 13.7. The zero-order valence-electron chi connectivity index (χ0n) is 11.3. The van der Waals surface area contributed by atoms with Crippen molar-refractivity contribution in [2.75, 3.05) is 27.2 Å². The van der Waals surface area contributed by atoms with E-state index >= 15 is 0 Å². The highest BCUT2D eigenvalue weighted by molar-refractivity contribution is 5.62. The Morgan fingerprint density at radius 2 is 2.05 bits per heavy atom. The predicted octanol–water partition coefficient (Wildman–Crippen LogP) is 1.87. The molecule has 0 atom stereocenters. The van der Waals surface area contributed by atoms with Crippen LogP contribution in [-0.2, 0) is 6.54 Å². The summed E-state index contributed by atoms with van der Waals surface area (Å²) in [4.78, 5) is 2.22. The van der Waals surface area contributed by atoms with Crippen LogP contribution in [0.25, 0.3) is 11.3 Å². The maximum atomic E-state index is 12.9. The molecule has 0 fully saturated rings. The molecule has 0 aliphatic heterocycles. The number of rotatable bonds is 6. The van der Waals surface area contributed by atoms with Crippen molar-refractivity contribution in [1.29, 1.82) is 0 Å². The molecular weight excluding hydrogens is 243 g/mol. The van der Waals surface area contributed by atoms with Gasteiger partial charge in [-0.05, 0) is 38.4 Å². The molecule has 0 bridgehead atoms. The summed E-state index contributed by atoms with van der Waals surface area (Å²) in [5.74, 6) is -0.230. The fourth-order valence-corrected chi connectivity index (χ4v) is 1.97. The van der Waals surface area contributed by atoms with Crippen LogP contribution in [-0.4, -0.2) is 42.3 Å². The molecule has 0 spiro atoms. The first-order valence-electron chi connectivity index (χ1n) is 6.32. The number of hydrogen-bond acceptors (Lipinski definition) is 3. The standard InChI is InChI=1S/C14H19FN4/c1-16-7-8-19(2)10-12-9-17-18-14(12)11-3-5-13(15)6-4-11/h3-6,9,16H,7-8,10H2,1-2H3,(H,17,18). The van der Waals surface area contributed by atoms with Crippen molar-refractivity contribution < 1.29 is 4.39 Å². The van der Waals surface area contributed by atoms with Crippen molar-refractivity contribution in [3.8, 4) is 11.3 Å². The van der Waals surface area contributed by atoms with Crippen molar-refractivity contribution in [2.45, 2.75) is 6.54 Å². The topological polar surface area (TPSA) is 44.0 Å². The van der Waals surface area contributed by atoms with Crippen LogP contribution < -0.4 is 5.32 Å². The number of nitrogens with zero attached hydrogens (tertiary/aromatic N) is 2. The Kier molecular flexibility index (Phi) is 4.65. The van der Waals surface area contributed by atoms with E-state index in [1.807, 2.05) is 13.2 Å². The van der Waals surface area contributed by atoms with Gasteiger partial charge in [0.15, 0.2) is 0 Å². The number of benzene rings is 1. The van der Waals surface area contributed by atoms with Crippen molar-refractivity contribution >= 4 is 0 Å². The molecular formula is C14H19FN4. The van der Waals surface area contributed by atoms with E-state index < -0.39 is 0 Å². The largest absolute Gasteiger partial charge is 0.318 e. The number of nitrogens with one attached hydrogen (secondary N) is 2. The maximum absolute atomic E-state index is 12.9. The van der Waals surface area contributed by atoms with Gasteiger partial charge in [-0.3, -0.25) is 5.10 Å². The number of H-pyrrole nitrogens is 1. The number of aromatic nitrogens is 2. The van der Waals surface area contributed by atoms with Crippen molar-refractivity contribution in [2.24, 2.45) is 0 Å². The first-order valence-corrected chi connectivity index (χ1v) is 6.32. The van der Waals surface area contributed by atoms with Gasteiger partial charge in [-0.15, -0.1) is 0 Å². The van der Waals surface area contributed by atoms with E-state index in [4.69, 9.17) is 0 Å². The van der Waals surface area contributed by atoms with Crippen LogP contribution in [0.2, 0.25) is 0 Å². The lowest BCUT2D eigenvalue weighted by Gasteiger charge is -2.16. The molecule has 1 aromatic carbocycles. The molecule has 19 heavy (non-hydrogen) atoms. The molecule has 4 nitrogen and oxygen atoms in total. The van der Waals surface area contributed by atoms with Crippen LogP contribution in [0.5, 0.6) is 0 Å². The third kappa shape index (κ3) is 3.62. The Balaban J connectivity index is 2.11. The van der Waals surface area contributed by atoms with Crippen LogP contribution >= 0.6 is 0 Å². The summed E-state index contributed by atoms with van der Waals surface area (Å²) in [5.41, 5.74) is 2.93. The predicted molar refractivity (Wildman–Crippen MR) is 74.2 cm³/mol. The highest BCUT2D eigenvalue weighted by Crippen LogP contribution is 2.22. The van der Waals surface area contributed by atoms with E-state index in [0.717, 1.165) is 36.5 Å². The fraction of sp³-hybridized carbons (Fsp3) is 0.357. The summed E-state index contributed by atoms with van der Waals surface area (Å²) in [7, 11) is 4.01. The average Bonchev–Trinajstić information content (AvgIpc) is 2.85. The van der Waals surface area contributed by atoms with Gasteiger partial charge in [-0.25, -0.2) is 4.39 Å². The Morgan fingerprint density at radius 3 is 2.74 bits per heavy atom. The van der Waals surface area contributed by atoms with E-state index in [0.29, 0.717) is 0 Å². The molecule has 0 amide bonds. The second-order valence-corrected chi connectivity index (χ2v) is 4.61. The molecule has 2 N–H and O–H groups in total. The normalized spacial score (nSPS) is 11.2. The van der Waals surface area contributed by atoms with Crippen LogP contribution in [0.4, 0.5) is 4.39 Å². The molecule has 0 unspecified atom stereocenters. The van der Waals surface area contributed by atoms with Gasteiger partial charge in [-0.2, -0.15) is 5.10 Å². The van der Waals surface area contributed by atoms with Crippen LogP contribution in [0, 0.1) is 5.82 Å². The minimum Gasteiger partial charge on any atom is -0.318 e. The summed E-state index contributed by atoms with van der Waals surface area (Å²) < 4.78 is 12.9. The molecule has 0 radical (unpaired) electrons. The van der Waals surface area contributed by atoms with E-state index in [-0.39, 0.29) is 5.82 Å². The van der Waals surface area contributed by atoms with Crippen LogP contribution in [0.1, 0.15) is 5.56 Å². The quantitative estimate of drug-likeness (QED) is 0.835. The molecule has 0 aliphatic rings. The molecule has 0 saturated heterocycles. The molecule has 102 valence electrons. The van der Waals surface area contributed by atoms with E-state index in [9.17, 15) is 4.39 Å². The van der Waals surface area contributed by atoms with Gasteiger partial charge >= 0.3 is 0 Å². The SMILES string of the molecule is CNCCN(C)Cc1c[nH]nc1-c1ccc(F)cc1. The van der Waals surface area contributed by atoms with Gasteiger partial charge in [0.05, 0.1) is 5.69 Å². The number of likely N-dealkylation sites (N-methyl/N-ethyl adjacent to an activating group) is 2. The smallest absolute Gasteiger partial charge is 0.123 e. The minimum atomic E-state index is -0.230. The fourth-order valence-electron chi connectivity index (χ4n) is 1.97. The maximum Gasteiger partial charge on any atom is 0.123 e. The monoisotopic (exact) mass is 262 g/mol. The lowest BCUT2D eigenvalue weighted by atomic mass is 10.1. The summed E-state index contributed by atoms with van der Waals surface area (Å²) in [6, 6.07) is 6.42. The highest BCUT2D eigenvalue weighted by Gasteiger charge is 2.10. The van der Waals surface area contributed by atoms with E-state index in [2.05, 4.69) is 27.5 Å². The Hall–Kier alpha value is -1.72. The summed E-state index contributed by atoms with van der Waals surface area (Å²) in [5, 5.41) is 10.3. The van der Waals surface area contributed by atoms with Gasteiger partial charge in [0.2, 0.25) is 0 Å². The number of aromatic amines is 1. The summed E-state index contributed by atoms with van der Waals surface area (Å²) in [6.07, 6.45) is 1.90. The van der Waals surface area contributed by atoms with Crippen molar-refractivity contribution in [3.05, 3.63) is 41.8 Å². The second kappa shape index (κ2) is 6.45. The van der Waals surface area contributed by atoms with Crippen molar-refractivity contribution in [3.63, 3.8) is 0 Å². The molecule has 0 aliphatic carbocycles. The lowest BCUT2D eigenvalue weighted by Crippen LogP contribution is -2.26. The third-order valence-corrected chi connectivity index (χ3v) is 3.02. The van der Waals surface area contributed by atoms with E-state index in [1.165, 1.54) is 12.1 Å².